The number of aromatic nitrogens is 1. The van der Waals surface area contributed by atoms with Crippen molar-refractivity contribution in [1.82, 2.24) is 19.7 Å². The topological polar surface area (TPSA) is 148 Å². The number of anilines is 1. The van der Waals surface area contributed by atoms with Gasteiger partial charge in [-0.25, -0.2) is 22.5 Å². The lowest BCUT2D eigenvalue weighted by Crippen LogP contribution is -2.68. The van der Waals surface area contributed by atoms with Crippen molar-refractivity contribution < 1.29 is 41.7 Å². The molecule has 0 N–H and O–H groups in total. The van der Waals surface area contributed by atoms with Crippen LogP contribution in [-0.4, -0.2) is 113 Å². The maximum Gasteiger partial charge on any atom is 0.410 e. The summed E-state index contributed by atoms with van der Waals surface area (Å²) in [4.78, 5) is 51.4. The van der Waals surface area contributed by atoms with Gasteiger partial charge in [0.1, 0.15) is 28.0 Å². The van der Waals surface area contributed by atoms with Crippen LogP contribution in [0.3, 0.4) is 0 Å². The van der Waals surface area contributed by atoms with Crippen molar-refractivity contribution in [3.63, 3.8) is 0 Å². The quantitative estimate of drug-likeness (QED) is 0.334. The molecule has 5 rings (SSSR count). The normalized spacial score (nSPS) is 19.5. The van der Waals surface area contributed by atoms with Crippen molar-refractivity contribution in [2.45, 2.75) is 42.8 Å². The van der Waals surface area contributed by atoms with Crippen LogP contribution in [0.15, 0.2) is 59.6 Å². The first-order valence-electron chi connectivity index (χ1n) is 15.6. The number of halogens is 1. The Hall–Kier alpha value is -4.60. The van der Waals surface area contributed by atoms with Crippen LogP contribution in [0.2, 0.25) is 5.02 Å². The molecule has 50 heavy (non-hydrogen) atoms. The van der Waals surface area contributed by atoms with E-state index in [1.54, 1.807) is 51.9 Å². The fraction of sp³-hybridized carbons (Fsp3) is 0.412. The summed E-state index contributed by atoms with van der Waals surface area (Å²) in [7, 11) is 2.49. The molecule has 16 heteroatoms. The number of benzene rings is 2. The molecule has 1 aromatic heterocycles. The molecule has 1 saturated heterocycles. The summed E-state index contributed by atoms with van der Waals surface area (Å²) in [6.07, 6.45) is 0.826. The van der Waals surface area contributed by atoms with E-state index in [-0.39, 0.29) is 58.0 Å². The Bertz CT molecular complexity index is 1930. The van der Waals surface area contributed by atoms with E-state index in [4.69, 9.17) is 30.5 Å². The minimum Gasteiger partial charge on any atom is -0.497 e. The maximum absolute atomic E-state index is 15.5. The standard InChI is InChI=1S/C34H40ClN5O9S/c1-33(2,3)49-32(43)38-16-17-39(26(20-38)30(41)37(4)5)34(23-10-9-15-36-29(23)48-8)24-18-21(35)11-13-25(24)40(31(34)42)50(44,45)28-14-12-22(46-6)19-27(28)47-7/h9-15,18-19,26H,16-17,20H2,1-8H3/t26-,34?/m0/s1. The van der Waals surface area contributed by atoms with E-state index in [1.165, 1.54) is 73.7 Å². The van der Waals surface area contributed by atoms with Crippen molar-refractivity contribution in [3.8, 4) is 17.4 Å². The number of nitrogens with zero attached hydrogens (tertiary/aromatic N) is 5. The van der Waals surface area contributed by atoms with Gasteiger partial charge in [0.25, 0.3) is 15.9 Å². The van der Waals surface area contributed by atoms with Crippen LogP contribution in [0.5, 0.6) is 17.4 Å². The molecule has 2 aliphatic rings. The lowest BCUT2D eigenvalue weighted by atomic mass is 9.80. The van der Waals surface area contributed by atoms with Gasteiger partial charge in [-0.1, -0.05) is 11.6 Å². The Balaban J connectivity index is 1.81. The number of sulfonamides is 1. The zero-order valence-corrected chi connectivity index (χ0v) is 30.7. The lowest BCUT2D eigenvalue weighted by Gasteiger charge is -2.49. The highest BCUT2D eigenvalue weighted by Crippen LogP contribution is 2.54. The largest absolute Gasteiger partial charge is 0.497 e. The van der Waals surface area contributed by atoms with Crippen molar-refractivity contribution in [2.75, 3.05) is 59.4 Å². The summed E-state index contributed by atoms with van der Waals surface area (Å²) < 4.78 is 52.3. The van der Waals surface area contributed by atoms with E-state index in [2.05, 4.69) is 4.98 Å². The van der Waals surface area contributed by atoms with Crippen molar-refractivity contribution >= 4 is 45.2 Å². The number of ether oxygens (including phenoxy) is 4. The first-order valence-corrected chi connectivity index (χ1v) is 17.4. The van der Waals surface area contributed by atoms with Gasteiger partial charge in [0.2, 0.25) is 11.8 Å². The monoisotopic (exact) mass is 729 g/mol. The van der Waals surface area contributed by atoms with Gasteiger partial charge in [0, 0.05) is 62.1 Å². The number of hydrogen-bond acceptors (Lipinski definition) is 11. The predicted octanol–water partition coefficient (Wildman–Crippen LogP) is 3.75. The molecule has 3 aromatic rings. The molecule has 3 heterocycles. The van der Waals surface area contributed by atoms with E-state index in [9.17, 15) is 18.0 Å². The average Bonchev–Trinajstić information content (AvgIpc) is 3.34. The van der Waals surface area contributed by atoms with E-state index in [0.29, 0.717) is 10.1 Å². The number of fused-ring (bicyclic) bond motifs is 1. The third-order valence-corrected chi connectivity index (χ3v) is 10.5. The zero-order valence-electron chi connectivity index (χ0n) is 29.1. The number of pyridine rings is 1. The third-order valence-electron chi connectivity index (χ3n) is 8.49. The molecule has 0 radical (unpaired) electrons. The fourth-order valence-electron chi connectivity index (χ4n) is 6.38. The van der Waals surface area contributed by atoms with Gasteiger partial charge in [0.15, 0.2) is 5.54 Å². The zero-order chi connectivity index (χ0) is 36.8. The SMILES string of the molecule is COc1ccc(S(=O)(=O)N2C(=O)C(c3cccnc3OC)(N3CCN(C(=O)OC(C)(C)C)C[C@H]3C(=O)N(C)C)c3cc(Cl)ccc32)c(OC)c1. The van der Waals surface area contributed by atoms with Crippen LogP contribution < -0.4 is 18.5 Å². The number of hydrogen-bond donors (Lipinski definition) is 0. The van der Waals surface area contributed by atoms with Gasteiger partial charge in [0.05, 0.1) is 27.0 Å². The first-order chi connectivity index (χ1) is 23.5. The molecule has 0 saturated carbocycles. The molecule has 0 aliphatic carbocycles. The molecule has 0 bridgehead atoms. The highest BCUT2D eigenvalue weighted by atomic mass is 35.5. The van der Waals surface area contributed by atoms with Crippen LogP contribution in [-0.2, 0) is 29.9 Å². The van der Waals surface area contributed by atoms with Gasteiger partial charge >= 0.3 is 6.09 Å². The lowest BCUT2D eigenvalue weighted by molar-refractivity contribution is -0.144. The second-order valence-electron chi connectivity index (χ2n) is 12.9. The van der Waals surface area contributed by atoms with E-state index in [1.807, 2.05) is 0 Å². The predicted molar refractivity (Wildman–Crippen MR) is 184 cm³/mol. The Morgan fingerprint density at radius 1 is 0.980 bits per heavy atom. The second kappa shape index (κ2) is 13.6. The number of carbonyl (C=O) groups excluding carboxylic acids is 3. The summed E-state index contributed by atoms with van der Waals surface area (Å²) in [5.41, 5.74) is -2.54. The van der Waals surface area contributed by atoms with Crippen molar-refractivity contribution in [2.24, 2.45) is 0 Å². The Labute approximate surface area is 296 Å². The number of rotatable bonds is 8. The van der Waals surface area contributed by atoms with Crippen molar-refractivity contribution in [1.29, 1.82) is 0 Å². The van der Waals surface area contributed by atoms with Gasteiger partial charge in [-0.3, -0.25) is 14.5 Å². The summed E-state index contributed by atoms with van der Waals surface area (Å²) >= 11 is 6.61. The summed E-state index contributed by atoms with van der Waals surface area (Å²) in [5.74, 6) is -1.10. The molecule has 2 atom stereocenters. The molecule has 3 amide bonds. The average molecular weight is 730 g/mol. The number of carbonyl (C=O) groups is 3. The van der Waals surface area contributed by atoms with Crippen molar-refractivity contribution in [3.05, 3.63) is 70.9 Å². The number of amides is 3. The smallest absolute Gasteiger partial charge is 0.410 e. The molecular weight excluding hydrogens is 690 g/mol. The minimum absolute atomic E-state index is 0.00574. The summed E-state index contributed by atoms with van der Waals surface area (Å²) in [6.45, 7) is 4.98. The highest BCUT2D eigenvalue weighted by Gasteiger charge is 2.63. The van der Waals surface area contributed by atoms with Gasteiger partial charge in [-0.05, 0) is 63.2 Å². The van der Waals surface area contributed by atoms with Gasteiger partial charge in [-0.15, -0.1) is 0 Å². The van der Waals surface area contributed by atoms with E-state index >= 15 is 4.79 Å². The summed E-state index contributed by atoms with van der Waals surface area (Å²) in [6, 6.07) is 10.5. The molecule has 14 nitrogen and oxygen atoms in total. The second-order valence-corrected chi connectivity index (χ2v) is 15.1. The van der Waals surface area contributed by atoms with Crippen LogP contribution in [0.25, 0.3) is 0 Å². The third kappa shape index (κ3) is 6.18. The molecule has 2 aromatic carbocycles. The summed E-state index contributed by atoms with van der Waals surface area (Å²) in [5, 5.41) is 0.202. The van der Waals surface area contributed by atoms with Crippen LogP contribution in [0, 0.1) is 0 Å². The minimum atomic E-state index is -4.73. The maximum atomic E-state index is 15.5. The Kier molecular flexibility index (Phi) is 9.98. The highest BCUT2D eigenvalue weighted by molar-refractivity contribution is 7.93. The number of likely N-dealkylation sites (N-methyl/N-ethyl adjacent to an activating group) is 1. The molecule has 0 spiro atoms. The molecule has 268 valence electrons. The molecule has 1 fully saturated rings. The van der Waals surface area contributed by atoms with Gasteiger partial charge < -0.3 is 28.7 Å². The molecule has 2 aliphatic heterocycles. The molecule has 1 unspecified atom stereocenters. The van der Waals surface area contributed by atoms with Crippen LogP contribution in [0.1, 0.15) is 31.9 Å². The van der Waals surface area contributed by atoms with Crippen LogP contribution in [0.4, 0.5) is 10.5 Å². The first kappa shape index (κ1) is 36.7. The Morgan fingerprint density at radius 3 is 2.32 bits per heavy atom. The number of piperazine rings is 1. The van der Waals surface area contributed by atoms with E-state index in [0.717, 1.165) is 0 Å². The van der Waals surface area contributed by atoms with Crippen LogP contribution >= 0.6 is 11.6 Å². The van der Waals surface area contributed by atoms with Gasteiger partial charge in [-0.2, -0.15) is 0 Å². The molecular formula is C34H40ClN5O9S. The Morgan fingerprint density at radius 2 is 1.70 bits per heavy atom. The fourth-order valence-corrected chi connectivity index (χ4v) is 8.15. The van der Waals surface area contributed by atoms with E-state index < -0.39 is 45.1 Å². The number of methoxy groups -OCH3 is 3.